The van der Waals surface area contributed by atoms with Crippen LogP contribution in [0.5, 0.6) is 0 Å². The highest BCUT2D eigenvalue weighted by Gasteiger charge is 2.70. The predicted octanol–water partition coefficient (Wildman–Crippen LogP) is 9.79. The van der Waals surface area contributed by atoms with E-state index in [-0.39, 0.29) is 63.4 Å². The van der Waals surface area contributed by atoms with Crippen molar-refractivity contribution in [3.63, 3.8) is 0 Å². The lowest BCUT2D eigenvalue weighted by Gasteiger charge is -2.72. The highest BCUT2D eigenvalue weighted by molar-refractivity contribution is 6.02. The van der Waals surface area contributed by atoms with E-state index in [0.717, 1.165) is 69.8 Å². The molecule has 8 heteroatoms. The van der Waals surface area contributed by atoms with Crippen molar-refractivity contribution in [1.82, 2.24) is 10.6 Å². The van der Waals surface area contributed by atoms with Gasteiger partial charge in [-0.05, 0) is 149 Å². The summed E-state index contributed by atoms with van der Waals surface area (Å²) in [5.41, 5.74) is -0.0332. The van der Waals surface area contributed by atoms with Gasteiger partial charge in [-0.3, -0.25) is 14.4 Å². The van der Waals surface area contributed by atoms with E-state index in [2.05, 4.69) is 72.9 Å². The number of allylic oxidation sites excluding steroid dienone is 1. The Bertz CT molecular complexity index is 1540. The van der Waals surface area contributed by atoms with Crippen LogP contribution in [0, 0.1) is 56.7 Å². The van der Waals surface area contributed by atoms with Gasteiger partial charge < -0.3 is 20.5 Å². The Morgan fingerprint density at radius 3 is 2.11 bits per heavy atom. The summed E-state index contributed by atoms with van der Waals surface area (Å²) in [4.78, 5) is 53.0. The number of fused-ring (bicyclic) bond motifs is 7. The molecule has 3 N–H and O–H groups in total. The summed E-state index contributed by atoms with van der Waals surface area (Å²) in [5.74, 6) is 0.456. The molecule has 0 saturated heterocycles. The summed E-state index contributed by atoms with van der Waals surface area (Å²) in [7, 11) is 0. The van der Waals surface area contributed by atoms with Gasteiger partial charge >= 0.3 is 18.0 Å². The molecule has 298 valence electrons. The standard InChI is InChI=1S/C45H72N2O6/c1-27(2)35-30(48)25-45(47-38(52)46-41(7,8)28-15-13-12-14-16-28)24-23-43(10)29(36(35)45)17-18-32-42(9)21-20-33(53-34(49)26-39(3,4)37(50)51)40(5,6)31(42)19-22-44(32,43)11/h27-29,31-33H,12-26H2,1-11H3,(H,50,51)(H2,46,47,52)/t29-,31+,32-,33+,42+,43-,44-,45-/m1/s1. The van der Waals surface area contributed by atoms with Crippen molar-refractivity contribution in [3.05, 3.63) is 11.1 Å². The third kappa shape index (κ3) is 6.40. The molecule has 8 nitrogen and oxygen atoms in total. The lowest BCUT2D eigenvalue weighted by Crippen LogP contribution is -2.68. The van der Waals surface area contributed by atoms with E-state index < -0.39 is 22.9 Å². The Hall–Kier alpha value is -2.38. The first-order valence-electron chi connectivity index (χ1n) is 21.3. The Balaban J connectivity index is 1.26. The zero-order valence-corrected chi connectivity index (χ0v) is 35.1. The van der Waals surface area contributed by atoms with Crippen molar-refractivity contribution in [2.45, 2.75) is 190 Å². The van der Waals surface area contributed by atoms with Crippen LogP contribution in [0.15, 0.2) is 11.1 Å². The minimum absolute atomic E-state index is 0.0249. The summed E-state index contributed by atoms with van der Waals surface area (Å²) in [6, 6.07) is -0.126. The number of amides is 2. The fourth-order valence-corrected chi connectivity index (χ4v) is 14.0. The number of ketones is 1. The lowest BCUT2D eigenvalue weighted by atomic mass is 9.33. The molecule has 6 aliphatic carbocycles. The molecule has 0 radical (unpaired) electrons. The molecule has 0 aromatic heterocycles. The van der Waals surface area contributed by atoms with Gasteiger partial charge in [-0.2, -0.15) is 0 Å². The summed E-state index contributed by atoms with van der Waals surface area (Å²) < 4.78 is 6.17. The molecule has 0 bridgehead atoms. The van der Waals surface area contributed by atoms with Gasteiger partial charge in [0.2, 0.25) is 0 Å². The number of urea groups is 1. The molecule has 53 heavy (non-hydrogen) atoms. The maximum atomic E-state index is 14.1. The van der Waals surface area contributed by atoms with Gasteiger partial charge in [-0.15, -0.1) is 0 Å². The third-order valence-corrected chi connectivity index (χ3v) is 17.2. The number of rotatable bonds is 8. The number of carboxylic acids is 1. The van der Waals surface area contributed by atoms with Crippen LogP contribution < -0.4 is 10.6 Å². The first kappa shape index (κ1) is 40.3. The van der Waals surface area contributed by atoms with Crippen LogP contribution in [0.1, 0.15) is 172 Å². The van der Waals surface area contributed by atoms with E-state index in [1.807, 2.05) is 0 Å². The van der Waals surface area contributed by atoms with E-state index in [1.165, 1.54) is 24.8 Å². The molecular weight excluding hydrogens is 665 g/mol. The summed E-state index contributed by atoms with van der Waals surface area (Å²) >= 11 is 0. The minimum Gasteiger partial charge on any atom is -0.481 e. The quantitative estimate of drug-likeness (QED) is 0.213. The second-order valence-electron chi connectivity index (χ2n) is 21.6. The lowest BCUT2D eigenvalue weighted by molar-refractivity contribution is -0.232. The number of carboxylic acid groups (broad SMARTS) is 1. The van der Waals surface area contributed by atoms with E-state index in [1.54, 1.807) is 13.8 Å². The van der Waals surface area contributed by atoms with Gasteiger partial charge in [0.15, 0.2) is 5.78 Å². The maximum Gasteiger partial charge on any atom is 0.315 e. The van der Waals surface area contributed by atoms with Gasteiger partial charge in [-0.25, -0.2) is 4.79 Å². The number of hydrogen-bond acceptors (Lipinski definition) is 5. The molecule has 6 aliphatic rings. The van der Waals surface area contributed by atoms with Crippen LogP contribution >= 0.6 is 0 Å². The number of carbonyl (C=O) groups excluding carboxylic acids is 3. The molecule has 0 heterocycles. The van der Waals surface area contributed by atoms with E-state index in [4.69, 9.17) is 4.74 Å². The van der Waals surface area contributed by atoms with E-state index in [9.17, 15) is 24.3 Å². The molecule has 0 spiro atoms. The Labute approximate surface area is 320 Å². The van der Waals surface area contributed by atoms with Crippen molar-refractivity contribution in [3.8, 4) is 0 Å². The zero-order valence-electron chi connectivity index (χ0n) is 35.1. The van der Waals surface area contributed by atoms with E-state index in [0.29, 0.717) is 24.2 Å². The first-order valence-corrected chi connectivity index (χ1v) is 21.3. The van der Waals surface area contributed by atoms with E-state index >= 15 is 0 Å². The second-order valence-corrected chi connectivity index (χ2v) is 21.6. The number of esters is 1. The summed E-state index contributed by atoms with van der Waals surface area (Å²) in [5, 5.41) is 16.6. The number of hydrogen-bond donors (Lipinski definition) is 3. The molecule has 0 aromatic rings. The predicted molar refractivity (Wildman–Crippen MR) is 208 cm³/mol. The number of aliphatic carboxylic acids is 1. The van der Waals surface area contributed by atoms with Crippen LogP contribution in [0.25, 0.3) is 0 Å². The number of ether oxygens (including phenoxy) is 1. The topological polar surface area (TPSA) is 122 Å². The SMILES string of the molecule is CC(C)C1=C2[C@H]3CC[C@@H]4[C@@]5(C)CC[C@H](OC(=O)CC(C)(C)C(=O)O)C(C)(C)[C@@H]5CC[C@@]4(C)[C@]3(C)CC[C@@]2(NC(=O)NC(C)(C)C2CCCCC2)CC1=O. The largest absolute Gasteiger partial charge is 0.481 e. The van der Waals surface area contributed by atoms with Gasteiger partial charge in [0.1, 0.15) is 6.10 Å². The third-order valence-electron chi connectivity index (χ3n) is 17.2. The number of carbonyl (C=O) groups is 4. The van der Waals surface area contributed by atoms with Gasteiger partial charge in [0.05, 0.1) is 17.4 Å². The number of Topliss-reactive ketones (excluding diaryl/α,β-unsaturated/α-hetero) is 1. The Morgan fingerprint density at radius 1 is 0.830 bits per heavy atom. The average Bonchev–Trinajstić information content (AvgIpc) is 3.34. The Morgan fingerprint density at radius 2 is 1.49 bits per heavy atom. The van der Waals surface area contributed by atoms with Crippen LogP contribution in [0.4, 0.5) is 4.79 Å². The van der Waals surface area contributed by atoms with Gasteiger partial charge in [0, 0.05) is 17.4 Å². The van der Waals surface area contributed by atoms with Crippen molar-refractivity contribution < 1.29 is 29.0 Å². The van der Waals surface area contributed by atoms with Crippen LogP contribution in [-0.2, 0) is 19.1 Å². The monoisotopic (exact) mass is 737 g/mol. The number of nitrogens with one attached hydrogen (secondary N) is 2. The molecule has 2 amide bonds. The van der Waals surface area contributed by atoms with Crippen molar-refractivity contribution in [1.29, 1.82) is 0 Å². The molecule has 0 aliphatic heterocycles. The minimum atomic E-state index is -1.16. The smallest absolute Gasteiger partial charge is 0.315 e. The van der Waals surface area contributed by atoms with Crippen molar-refractivity contribution in [2.75, 3.05) is 0 Å². The molecule has 6 rings (SSSR count). The second kappa shape index (κ2) is 13.4. The van der Waals surface area contributed by atoms with Gasteiger partial charge in [0.25, 0.3) is 0 Å². The van der Waals surface area contributed by atoms with Crippen LogP contribution in [0.3, 0.4) is 0 Å². The zero-order chi connectivity index (χ0) is 39.2. The summed E-state index contributed by atoms with van der Waals surface area (Å²) in [6.07, 6.45) is 13.7. The maximum absolute atomic E-state index is 14.1. The molecule has 5 fully saturated rings. The highest BCUT2D eigenvalue weighted by atomic mass is 16.5. The molecular formula is C45H72N2O6. The molecule has 5 saturated carbocycles. The highest BCUT2D eigenvalue weighted by Crippen LogP contribution is 2.76. The van der Waals surface area contributed by atoms with Gasteiger partial charge in [-0.1, -0.05) is 67.7 Å². The van der Waals surface area contributed by atoms with Crippen LogP contribution in [-0.4, -0.2) is 46.0 Å². The van der Waals surface area contributed by atoms with Crippen molar-refractivity contribution in [2.24, 2.45) is 56.7 Å². The molecule has 8 atom stereocenters. The summed E-state index contributed by atoms with van der Waals surface area (Å²) in [6.45, 7) is 24.0. The molecule has 0 aromatic carbocycles. The fraction of sp³-hybridized carbons (Fsp3) is 0.867. The molecule has 0 unspecified atom stereocenters. The Kier molecular flexibility index (Phi) is 10.2. The van der Waals surface area contributed by atoms with Crippen LogP contribution in [0.2, 0.25) is 0 Å². The van der Waals surface area contributed by atoms with Crippen molar-refractivity contribution >= 4 is 23.8 Å². The normalized spacial score (nSPS) is 38.7. The average molecular weight is 737 g/mol. The first-order chi connectivity index (χ1) is 24.5. The fourth-order valence-electron chi connectivity index (χ4n) is 14.0.